The molecule has 1 atom stereocenters. The summed E-state index contributed by atoms with van der Waals surface area (Å²) in [5, 5.41) is 2.91. The lowest BCUT2D eigenvalue weighted by Gasteiger charge is -2.11. The molecule has 27 heavy (non-hydrogen) atoms. The van der Waals surface area contributed by atoms with Crippen LogP contribution in [0.2, 0.25) is 0 Å². The van der Waals surface area contributed by atoms with Gasteiger partial charge in [0.1, 0.15) is 17.6 Å². The fourth-order valence-corrected chi connectivity index (χ4v) is 3.19. The zero-order valence-electron chi connectivity index (χ0n) is 14.4. The predicted molar refractivity (Wildman–Crippen MR) is 92.4 cm³/mol. The molecular formula is C20H18F3NO3. The van der Waals surface area contributed by atoms with Crippen LogP contribution in [0.15, 0.2) is 42.5 Å². The van der Waals surface area contributed by atoms with E-state index >= 15 is 0 Å². The molecule has 0 spiro atoms. The smallest absolute Gasteiger partial charge is 0.488 e. The number of carbonyl (C=O) groups excluding carboxylic acids is 1. The van der Waals surface area contributed by atoms with E-state index < -0.39 is 6.36 Å². The van der Waals surface area contributed by atoms with Gasteiger partial charge in [0.25, 0.3) is 0 Å². The van der Waals surface area contributed by atoms with E-state index in [0.717, 1.165) is 29.7 Å². The number of carbonyl (C=O) groups is 1. The van der Waals surface area contributed by atoms with E-state index in [4.69, 9.17) is 4.74 Å². The van der Waals surface area contributed by atoms with Crippen molar-refractivity contribution in [3.05, 3.63) is 48.0 Å². The van der Waals surface area contributed by atoms with Crippen LogP contribution in [0.5, 0.6) is 11.5 Å². The lowest BCUT2D eigenvalue weighted by atomic mass is 10.0. The highest BCUT2D eigenvalue weighted by atomic mass is 19.4. The van der Waals surface area contributed by atoms with Crippen molar-refractivity contribution in [1.29, 1.82) is 0 Å². The molecule has 1 heterocycles. The highest BCUT2D eigenvalue weighted by Crippen LogP contribution is 2.35. The third-order valence-corrected chi connectivity index (χ3v) is 4.65. The number of benzene rings is 2. The van der Waals surface area contributed by atoms with Gasteiger partial charge in [-0.05, 0) is 53.8 Å². The van der Waals surface area contributed by atoms with Crippen molar-refractivity contribution in [2.45, 2.75) is 31.7 Å². The van der Waals surface area contributed by atoms with Gasteiger partial charge in [-0.2, -0.15) is 0 Å². The molecule has 4 nitrogen and oxygen atoms in total. The molecule has 142 valence electrons. The summed E-state index contributed by atoms with van der Waals surface area (Å²) in [6, 6.07) is 11.4. The molecule has 4 rings (SSSR count). The summed E-state index contributed by atoms with van der Waals surface area (Å²) in [6.07, 6.45) is -2.29. The Morgan fingerprint density at radius 2 is 1.93 bits per heavy atom. The minimum atomic E-state index is -4.72. The number of ether oxygens (including phenoxy) is 2. The normalized spacial score (nSPS) is 18.6. The van der Waals surface area contributed by atoms with Crippen molar-refractivity contribution in [3.63, 3.8) is 0 Å². The summed E-state index contributed by atoms with van der Waals surface area (Å²) in [4.78, 5) is 11.7. The van der Waals surface area contributed by atoms with Gasteiger partial charge in [0.2, 0.25) is 5.91 Å². The lowest BCUT2D eigenvalue weighted by molar-refractivity contribution is -0.274. The fourth-order valence-electron chi connectivity index (χ4n) is 3.19. The van der Waals surface area contributed by atoms with Crippen molar-refractivity contribution in [1.82, 2.24) is 5.32 Å². The zero-order valence-corrected chi connectivity index (χ0v) is 14.4. The lowest BCUT2D eigenvalue weighted by Crippen LogP contribution is -2.35. The van der Waals surface area contributed by atoms with Gasteiger partial charge in [-0.1, -0.05) is 18.2 Å². The van der Waals surface area contributed by atoms with Crippen molar-refractivity contribution < 1.29 is 27.4 Å². The maximum atomic E-state index is 12.4. The van der Waals surface area contributed by atoms with Gasteiger partial charge in [-0.25, -0.2) is 0 Å². The zero-order chi connectivity index (χ0) is 19.0. The molecule has 1 fully saturated rings. The van der Waals surface area contributed by atoms with Crippen LogP contribution in [0.1, 0.15) is 18.4 Å². The molecule has 1 N–H and O–H groups in total. The number of nitrogens with one attached hydrogen (secondary N) is 1. The summed E-state index contributed by atoms with van der Waals surface area (Å²) >= 11 is 0. The second-order valence-corrected chi connectivity index (χ2v) is 6.86. The Kier molecular flexibility index (Phi) is 4.45. The van der Waals surface area contributed by atoms with Gasteiger partial charge in [0.15, 0.2) is 0 Å². The van der Waals surface area contributed by atoms with E-state index in [1.165, 1.54) is 18.2 Å². The van der Waals surface area contributed by atoms with Crippen molar-refractivity contribution in [2.24, 2.45) is 5.92 Å². The number of fused-ring (bicyclic) bond motifs is 1. The number of alkyl halides is 3. The average Bonchev–Trinajstić information content (AvgIpc) is 3.38. The van der Waals surface area contributed by atoms with Gasteiger partial charge < -0.3 is 14.8 Å². The molecule has 2 aromatic carbocycles. The molecule has 0 unspecified atom stereocenters. The second-order valence-electron chi connectivity index (χ2n) is 6.86. The van der Waals surface area contributed by atoms with Gasteiger partial charge in [-0.15, -0.1) is 13.2 Å². The first kappa shape index (κ1) is 17.7. The van der Waals surface area contributed by atoms with E-state index in [9.17, 15) is 18.0 Å². The summed E-state index contributed by atoms with van der Waals surface area (Å²) in [5.74, 6) is 0.729. The standard InChI is InChI=1S/C20H18F3NO3/c21-20(22,23)27-16-3-1-2-13(9-16)14-6-7-18-15(8-14)10-17(26-18)11-24-19(25)12-4-5-12/h1-3,6-9,12,17H,4-5,10-11H2,(H,24,25)/t17-/m1/s1. The molecule has 2 aromatic rings. The van der Waals surface area contributed by atoms with E-state index in [-0.39, 0.29) is 23.7 Å². The Morgan fingerprint density at radius 1 is 1.15 bits per heavy atom. The molecular weight excluding hydrogens is 359 g/mol. The molecule has 0 aromatic heterocycles. The van der Waals surface area contributed by atoms with E-state index in [1.807, 2.05) is 12.1 Å². The van der Waals surface area contributed by atoms with Crippen molar-refractivity contribution >= 4 is 5.91 Å². The maximum Gasteiger partial charge on any atom is 0.573 e. The van der Waals surface area contributed by atoms with E-state index in [2.05, 4.69) is 10.1 Å². The van der Waals surface area contributed by atoms with Gasteiger partial charge in [0, 0.05) is 12.3 Å². The second kappa shape index (κ2) is 6.79. The summed E-state index contributed by atoms with van der Waals surface area (Å²) < 4.78 is 47.1. The SMILES string of the molecule is O=C(NC[C@H]1Cc2cc(-c3cccc(OC(F)(F)F)c3)ccc2O1)C1CC1. The molecule has 2 aliphatic rings. The van der Waals surface area contributed by atoms with Crippen molar-refractivity contribution in [3.8, 4) is 22.6 Å². The van der Waals surface area contributed by atoms with Crippen LogP contribution in [-0.2, 0) is 11.2 Å². The van der Waals surface area contributed by atoms with Crippen LogP contribution >= 0.6 is 0 Å². The molecule has 7 heteroatoms. The minimum absolute atomic E-state index is 0.0803. The average molecular weight is 377 g/mol. The maximum absolute atomic E-state index is 12.4. The summed E-state index contributed by atoms with van der Waals surface area (Å²) in [5.41, 5.74) is 2.39. The van der Waals surface area contributed by atoms with Gasteiger partial charge in [-0.3, -0.25) is 4.79 Å². The third kappa shape index (κ3) is 4.35. The minimum Gasteiger partial charge on any atom is -0.488 e. The predicted octanol–water partition coefficient (Wildman–Crippen LogP) is 4.08. The monoisotopic (exact) mass is 377 g/mol. The van der Waals surface area contributed by atoms with Crippen LogP contribution in [0, 0.1) is 5.92 Å². The Balaban J connectivity index is 1.44. The molecule has 1 amide bonds. The number of halogens is 3. The van der Waals surface area contributed by atoms with Crippen LogP contribution in [-0.4, -0.2) is 24.9 Å². The first-order valence-corrected chi connectivity index (χ1v) is 8.81. The topological polar surface area (TPSA) is 47.6 Å². The summed E-state index contributed by atoms with van der Waals surface area (Å²) in [6.45, 7) is 0.453. The largest absolute Gasteiger partial charge is 0.573 e. The number of hydrogen-bond donors (Lipinski definition) is 1. The molecule has 1 aliphatic heterocycles. The molecule has 1 saturated carbocycles. The molecule has 0 bridgehead atoms. The Hall–Kier alpha value is -2.70. The van der Waals surface area contributed by atoms with Crippen LogP contribution in [0.25, 0.3) is 11.1 Å². The number of amides is 1. The first-order valence-electron chi connectivity index (χ1n) is 8.81. The van der Waals surface area contributed by atoms with Gasteiger partial charge >= 0.3 is 6.36 Å². The quantitative estimate of drug-likeness (QED) is 0.854. The third-order valence-electron chi connectivity index (χ3n) is 4.65. The number of rotatable bonds is 5. The summed E-state index contributed by atoms with van der Waals surface area (Å²) in [7, 11) is 0. The Labute approximate surface area is 154 Å². The van der Waals surface area contributed by atoms with E-state index in [0.29, 0.717) is 18.5 Å². The van der Waals surface area contributed by atoms with Crippen LogP contribution < -0.4 is 14.8 Å². The highest BCUT2D eigenvalue weighted by Gasteiger charge is 2.32. The molecule has 0 radical (unpaired) electrons. The highest BCUT2D eigenvalue weighted by molar-refractivity contribution is 5.80. The fraction of sp³-hybridized carbons (Fsp3) is 0.350. The van der Waals surface area contributed by atoms with Crippen LogP contribution in [0.4, 0.5) is 13.2 Å². The first-order chi connectivity index (χ1) is 12.9. The molecule has 0 saturated heterocycles. The Bertz CT molecular complexity index is 862. The van der Waals surface area contributed by atoms with Crippen LogP contribution in [0.3, 0.4) is 0 Å². The Morgan fingerprint density at radius 3 is 2.67 bits per heavy atom. The van der Waals surface area contributed by atoms with Gasteiger partial charge in [0.05, 0.1) is 6.54 Å². The van der Waals surface area contributed by atoms with Crippen molar-refractivity contribution in [2.75, 3.05) is 6.54 Å². The van der Waals surface area contributed by atoms with E-state index in [1.54, 1.807) is 12.1 Å². The number of hydrogen-bond acceptors (Lipinski definition) is 3. The molecule has 1 aliphatic carbocycles.